The summed E-state index contributed by atoms with van der Waals surface area (Å²) in [5.74, 6) is 1.42. The number of hydrogen-bond donors (Lipinski definition) is 0. The highest BCUT2D eigenvalue weighted by molar-refractivity contribution is 7.90. The highest BCUT2D eigenvalue weighted by Crippen LogP contribution is 2.19. The van der Waals surface area contributed by atoms with E-state index in [4.69, 9.17) is 0 Å². The number of benzene rings is 2. The Morgan fingerprint density at radius 2 is 1.32 bits per heavy atom. The largest absolute Gasteiger partial charge is 0.355 e. The van der Waals surface area contributed by atoms with Crippen LogP contribution < -0.4 is 0 Å². The normalized spacial score (nSPS) is 14.5. The van der Waals surface area contributed by atoms with Crippen LogP contribution >= 0.6 is 0 Å². The molecule has 0 fully saturated rings. The summed E-state index contributed by atoms with van der Waals surface area (Å²) in [6, 6.07) is 18.1. The number of rotatable bonds is 9. The summed E-state index contributed by atoms with van der Waals surface area (Å²) < 4.78 is 30.4. The number of amidine groups is 1. The molecule has 0 aliphatic heterocycles. The zero-order valence-corrected chi connectivity index (χ0v) is 18.2. The fourth-order valence-corrected chi connectivity index (χ4v) is 3.95. The van der Waals surface area contributed by atoms with E-state index in [9.17, 15) is 8.42 Å². The standard InChI is InChI=1S/C23H32N2O2S/c1-5-19(3)17-25(18-20(4)6-2)23(21-13-9-7-10-14-21)24-28(26,27)22-15-11-8-12-16-22/h7-16,19-20H,5-6,17-18H2,1-4H3/b24-23-. The topological polar surface area (TPSA) is 49.7 Å². The average Bonchev–Trinajstić information content (AvgIpc) is 2.72. The molecule has 2 unspecified atom stereocenters. The second-order valence-electron chi connectivity index (χ2n) is 7.50. The number of hydrogen-bond acceptors (Lipinski definition) is 2. The molecular formula is C23H32N2O2S. The monoisotopic (exact) mass is 400 g/mol. The first-order chi connectivity index (χ1) is 13.4. The van der Waals surface area contributed by atoms with Crippen LogP contribution in [0.15, 0.2) is 70.0 Å². The Morgan fingerprint density at radius 3 is 1.79 bits per heavy atom. The summed E-state index contributed by atoms with van der Waals surface area (Å²) in [5, 5.41) is 0. The van der Waals surface area contributed by atoms with Gasteiger partial charge in [-0.15, -0.1) is 4.40 Å². The first kappa shape index (κ1) is 22.2. The third-order valence-electron chi connectivity index (χ3n) is 5.04. The third-order valence-corrected chi connectivity index (χ3v) is 6.32. The minimum absolute atomic E-state index is 0.218. The van der Waals surface area contributed by atoms with E-state index in [-0.39, 0.29) is 4.90 Å². The summed E-state index contributed by atoms with van der Waals surface area (Å²) in [6.45, 7) is 10.3. The van der Waals surface area contributed by atoms with Crippen LogP contribution in [0.5, 0.6) is 0 Å². The molecule has 0 aromatic heterocycles. The highest BCUT2D eigenvalue weighted by Gasteiger charge is 2.22. The van der Waals surface area contributed by atoms with Gasteiger partial charge in [-0.1, -0.05) is 89.1 Å². The maximum Gasteiger partial charge on any atom is 0.284 e. The SMILES string of the molecule is CCC(C)CN(CC(C)CC)/C(=N\S(=O)(=O)c1ccccc1)c1ccccc1. The van der Waals surface area contributed by atoms with Crippen molar-refractivity contribution in [2.75, 3.05) is 13.1 Å². The van der Waals surface area contributed by atoms with Crippen molar-refractivity contribution in [3.8, 4) is 0 Å². The molecule has 2 atom stereocenters. The van der Waals surface area contributed by atoms with Gasteiger partial charge in [-0.25, -0.2) is 0 Å². The van der Waals surface area contributed by atoms with E-state index in [1.807, 2.05) is 30.3 Å². The van der Waals surface area contributed by atoms with Crippen LogP contribution in [0.1, 0.15) is 46.1 Å². The van der Waals surface area contributed by atoms with Gasteiger partial charge in [0.05, 0.1) is 4.90 Å². The van der Waals surface area contributed by atoms with E-state index in [0.29, 0.717) is 17.7 Å². The molecule has 0 saturated carbocycles. The molecule has 0 aliphatic rings. The molecule has 0 heterocycles. The lowest BCUT2D eigenvalue weighted by molar-refractivity contribution is 0.302. The molecule has 0 amide bonds. The van der Waals surface area contributed by atoms with Crippen LogP contribution in [0, 0.1) is 11.8 Å². The first-order valence-electron chi connectivity index (χ1n) is 10.1. The lowest BCUT2D eigenvalue weighted by Gasteiger charge is -2.31. The van der Waals surface area contributed by atoms with E-state index >= 15 is 0 Å². The van der Waals surface area contributed by atoms with Crippen LogP contribution in [0.25, 0.3) is 0 Å². The van der Waals surface area contributed by atoms with Gasteiger partial charge in [0.25, 0.3) is 10.0 Å². The van der Waals surface area contributed by atoms with Gasteiger partial charge in [0.2, 0.25) is 0 Å². The van der Waals surface area contributed by atoms with E-state index < -0.39 is 10.0 Å². The van der Waals surface area contributed by atoms with Crippen molar-refractivity contribution in [1.29, 1.82) is 0 Å². The molecule has 2 aromatic carbocycles. The van der Waals surface area contributed by atoms with Crippen LogP contribution in [-0.2, 0) is 10.0 Å². The van der Waals surface area contributed by atoms with Gasteiger partial charge in [-0.05, 0) is 24.0 Å². The van der Waals surface area contributed by atoms with Gasteiger partial charge in [0, 0.05) is 18.7 Å². The molecule has 4 nitrogen and oxygen atoms in total. The minimum Gasteiger partial charge on any atom is -0.355 e. The Bertz CT molecular complexity index is 837. The second-order valence-corrected chi connectivity index (χ2v) is 9.10. The van der Waals surface area contributed by atoms with E-state index in [2.05, 4.69) is 37.0 Å². The van der Waals surface area contributed by atoms with Gasteiger partial charge in [-0.2, -0.15) is 8.42 Å². The van der Waals surface area contributed by atoms with Crippen molar-refractivity contribution in [2.45, 2.75) is 45.4 Å². The zero-order chi connectivity index (χ0) is 20.6. The molecule has 0 saturated heterocycles. The lowest BCUT2D eigenvalue weighted by Crippen LogP contribution is -2.39. The van der Waals surface area contributed by atoms with Crippen molar-refractivity contribution < 1.29 is 8.42 Å². The quantitative estimate of drug-likeness (QED) is 0.428. The Morgan fingerprint density at radius 1 is 0.857 bits per heavy atom. The molecule has 5 heteroatoms. The Balaban J connectivity index is 2.56. The van der Waals surface area contributed by atoms with Crippen molar-refractivity contribution in [3.05, 3.63) is 66.2 Å². The molecule has 0 bridgehead atoms. The second kappa shape index (κ2) is 10.4. The van der Waals surface area contributed by atoms with Gasteiger partial charge in [0.1, 0.15) is 5.84 Å². The van der Waals surface area contributed by atoms with Gasteiger partial charge in [-0.3, -0.25) is 0 Å². The highest BCUT2D eigenvalue weighted by atomic mass is 32.2. The number of nitrogens with zero attached hydrogens (tertiary/aromatic N) is 2. The predicted octanol–water partition coefficient (Wildman–Crippen LogP) is 5.22. The van der Waals surface area contributed by atoms with Crippen LogP contribution in [0.3, 0.4) is 0 Å². The van der Waals surface area contributed by atoms with Gasteiger partial charge >= 0.3 is 0 Å². The third kappa shape index (κ3) is 6.20. The van der Waals surface area contributed by atoms with Crippen LogP contribution in [-0.4, -0.2) is 32.2 Å². The minimum atomic E-state index is -3.79. The van der Waals surface area contributed by atoms with E-state index in [1.54, 1.807) is 30.3 Å². The fraction of sp³-hybridized carbons (Fsp3) is 0.435. The summed E-state index contributed by atoms with van der Waals surface area (Å²) in [7, 11) is -3.79. The van der Waals surface area contributed by atoms with Crippen LogP contribution in [0.4, 0.5) is 0 Å². The number of sulfonamides is 1. The Hall–Kier alpha value is -2.14. The summed E-state index contributed by atoms with van der Waals surface area (Å²) in [5.41, 5.74) is 0.827. The molecule has 2 rings (SSSR count). The van der Waals surface area contributed by atoms with Crippen molar-refractivity contribution in [3.63, 3.8) is 0 Å². The molecule has 0 radical (unpaired) electrons. The molecule has 0 spiro atoms. The van der Waals surface area contributed by atoms with Gasteiger partial charge in [0.15, 0.2) is 0 Å². The smallest absolute Gasteiger partial charge is 0.284 e. The molecule has 152 valence electrons. The fourth-order valence-electron chi connectivity index (χ4n) is 2.90. The lowest BCUT2D eigenvalue weighted by atomic mass is 10.0. The molecule has 2 aromatic rings. The maximum atomic E-state index is 13.0. The molecule has 0 aliphatic carbocycles. The summed E-state index contributed by atoms with van der Waals surface area (Å²) in [4.78, 5) is 2.37. The van der Waals surface area contributed by atoms with E-state index in [1.165, 1.54) is 0 Å². The van der Waals surface area contributed by atoms with Crippen molar-refractivity contribution in [2.24, 2.45) is 16.2 Å². The van der Waals surface area contributed by atoms with Crippen LogP contribution in [0.2, 0.25) is 0 Å². The van der Waals surface area contributed by atoms with E-state index in [0.717, 1.165) is 31.5 Å². The average molecular weight is 401 g/mol. The van der Waals surface area contributed by atoms with Crippen molar-refractivity contribution >= 4 is 15.9 Å². The Kier molecular flexibility index (Phi) is 8.24. The Labute approximate surface area is 170 Å². The maximum absolute atomic E-state index is 13.0. The first-order valence-corrected chi connectivity index (χ1v) is 11.5. The van der Waals surface area contributed by atoms with Crippen molar-refractivity contribution in [1.82, 2.24) is 4.90 Å². The zero-order valence-electron chi connectivity index (χ0n) is 17.4. The van der Waals surface area contributed by atoms with Gasteiger partial charge < -0.3 is 4.90 Å². The predicted molar refractivity (Wildman–Crippen MR) is 117 cm³/mol. The summed E-state index contributed by atoms with van der Waals surface area (Å²) >= 11 is 0. The molecule has 28 heavy (non-hydrogen) atoms. The molecular weight excluding hydrogens is 368 g/mol. The summed E-state index contributed by atoms with van der Waals surface area (Å²) in [6.07, 6.45) is 2.06. The molecule has 0 N–H and O–H groups in total.